The zero-order valence-corrected chi connectivity index (χ0v) is 13.0. The summed E-state index contributed by atoms with van der Waals surface area (Å²) in [5, 5.41) is 14.0. The number of ether oxygens (including phenoxy) is 1. The Labute approximate surface area is 136 Å². The Balaban J connectivity index is 1.56. The molecule has 1 N–H and O–H groups in total. The lowest BCUT2D eigenvalue weighted by Crippen LogP contribution is -2.42. The van der Waals surface area contributed by atoms with Crippen molar-refractivity contribution >= 4 is 11.5 Å². The van der Waals surface area contributed by atoms with E-state index in [1.165, 1.54) is 18.9 Å². The lowest BCUT2D eigenvalue weighted by molar-refractivity contribution is -0.146. The molecule has 0 radical (unpaired) electrons. The van der Waals surface area contributed by atoms with Gasteiger partial charge in [0.05, 0.1) is 5.60 Å². The van der Waals surface area contributed by atoms with Gasteiger partial charge in [-0.2, -0.15) is 17.7 Å². The van der Waals surface area contributed by atoms with Gasteiger partial charge in [-0.05, 0) is 37.8 Å². The first kappa shape index (κ1) is 15.6. The van der Waals surface area contributed by atoms with Gasteiger partial charge < -0.3 is 10.1 Å². The summed E-state index contributed by atoms with van der Waals surface area (Å²) in [5.74, 6) is -0.715. The van der Waals surface area contributed by atoms with E-state index in [0.717, 1.165) is 30.2 Å². The van der Waals surface area contributed by atoms with Crippen LogP contribution in [-0.4, -0.2) is 38.1 Å². The molecular weight excluding hydrogens is 323 g/mol. The van der Waals surface area contributed by atoms with Crippen molar-refractivity contribution in [2.45, 2.75) is 56.3 Å². The third-order valence-electron chi connectivity index (χ3n) is 4.88. The largest absolute Gasteiger partial charge is 0.453 e. The minimum absolute atomic E-state index is 0.0618. The number of nitrogens with one attached hydrogen (secondary N) is 1. The highest BCUT2D eigenvalue weighted by Gasteiger charge is 2.40. The van der Waals surface area contributed by atoms with Crippen molar-refractivity contribution in [2.75, 3.05) is 11.9 Å². The van der Waals surface area contributed by atoms with Crippen LogP contribution in [0.25, 0.3) is 5.65 Å². The van der Waals surface area contributed by atoms with Crippen molar-refractivity contribution < 1.29 is 17.9 Å². The first-order valence-corrected chi connectivity index (χ1v) is 8.15. The van der Waals surface area contributed by atoms with Gasteiger partial charge in [0.15, 0.2) is 5.65 Å². The molecule has 9 heteroatoms. The van der Waals surface area contributed by atoms with Gasteiger partial charge in [0.25, 0.3) is 5.82 Å². The average molecular weight is 341 g/mol. The predicted octanol–water partition coefficient (Wildman–Crippen LogP) is 3.05. The normalized spacial score (nSPS) is 23.9. The van der Waals surface area contributed by atoms with Crippen LogP contribution in [0, 0.1) is 0 Å². The number of fused-ring (bicyclic) bond motifs is 1. The van der Waals surface area contributed by atoms with Crippen LogP contribution < -0.4 is 5.32 Å². The van der Waals surface area contributed by atoms with Gasteiger partial charge in [0.1, 0.15) is 5.82 Å². The highest BCUT2D eigenvalue weighted by atomic mass is 19.4. The number of nitrogens with zero attached hydrogens (tertiary/aromatic N) is 4. The molecular formula is C15H18F3N5O. The van der Waals surface area contributed by atoms with E-state index in [1.54, 1.807) is 6.07 Å². The summed E-state index contributed by atoms with van der Waals surface area (Å²) >= 11 is 0. The first-order chi connectivity index (χ1) is 11.5. The van der Waals surface area contributed by atoms with Crippen LogP contribution in [0.1, 0.15) is 44.3 Å². The van der Waals surface area contributed by atoms with E-state index in [2.05, 4.69) is 20.6 Å². The lowest BCUT2D eigenvalue weighted by atomic mass is 9.89. The van der Waals surface area contributed by atoms with Crippen LogP contribution in [-0.2, 0) is 10.9 Å². The second kappa shape index (κ2) is 5.58. The Kier molecular flexibility index (Phi) is 3.63. The topological polar surface area (TPSA) is 64.3 Å². The minimum Gasteiger partial charge on any atom is -0.375 e. The molecule has 1 aliphatic carbocycles. The molecule has 2 aliphatic rings. The van der Waals surface area contributed by atoms with Crippen molar-refractivity contribution in [3.63, 3.8) is 0 Å². The predicted molar refractivity (Wildman–Crippen MR) is 79.6 cm³/mol. The number of hydrogen-bond acceptors (Lipinski definition) is 5. The van der Waals surface area contributed by atoms with Gasteiger partial charge in [0, 0.05) is 12.6 Å². The number of aromatic nitrogens is 4. The molecule has 2 fully saturated rings. The van der Waals surface area contributed by atoms with Gasteiger partial charge in [-0.3, -0.25) is 0 Å². The fourth-order valence-corrected chi connectivity index (χ4v) is 3.77. The van der Waals surface area contributed by atoms with E-state index in [-0.39, 0.29) is 17.3 Å². The fourth-order valence-electron chi connectivity index (χ4n) is 3.77. The molecule has 1 atom stereocenters. The van der Waals surface area contributed by atoms with Crippen LogP contribution in [0.4, 0.5) is 19.0 Å². The summed E-state index contributed by atoms with van der Waals surface area (Å²) in [6.45, 7) is 0.667. The van der Waals surface area contributed by atoms with Crippen LogP contribution in [0.2, 0.25) is 0 Å². The third kappa shape index (κ3) is 2.81. The van der Waals surface area contributed by atoms with E-state index in [4.69, 9.17) is 4.74 Å². The number of anilines is 1. The Morgan fingerprint density at radius 1 is 1.21 bits per heavy atom. The fraction of sp³-hybridized carbons (Fsp3) is 0.667. The molecule has 2 aromatic rings. The molecule has 0 bridgehead atoms. The van der Waals surface area contributed by atoms with Crippen molar-refractivity contribution in [3.05, 3.63) is 18.0 Å². The molecule has 1 saturated carbocycles. The number of hydrogen-bond donors (Lipinski definition) is 1. The molecule has 0 amide bonds. The molecule has 130 valence electrons. The highest BCUT2D eigenvalue weighted by molar-refractivity contribution is 5.44. The van der Waals surface area contributed by atoms with Crippen LogP contribution in [0.5, 0.6) is 0 Å². The van der Waals surface area contributed by atoms with Gasteiger partial charge in [-0.1, -0.05) is 12.8 Å². The molecule has 1 unspecified atom stereocenters. The monoisotopic (exact) mass is 341 g/mol. The van der Waals surface area contributed by atoms with Gasteiger partial charge in [-0.25, -0.2) is 0 Å². The maximum atomic E-state index is 12.9. The second-order valence-corrected chi connectivity index (χ2v) is 6.58. The Hall–Kier alpha value is -1.90. The smallest absolute Gasteiger partial charge is 0.375 e. The Morgan fingerprint density at radius 3 is 2.75 bits per heavy atom. The molecule has 1 spiro atoms. The lowest BCUT2D eigenvalue weighted by Gasteiger charge is -2.38. The standard InChI is InChI=1S/C15H18F3N5O/c16-15(17,18)13-21-20-12-4-3-11(22-23(12)13)19-10-5-8-24-14(9-10)6-1-2-7-14/h3-4,10H,1-2,5-9H2,(H,19,22). The van der Waals surface area contributed by atoms with E-state index in [1.807, 2.05) is 0 Å². The van der Waals surface area contributed by atoms with Gasteiger partial charge in [-0.15, -0.1) is 15.3 Å². The van der Waals surface area contributed by atoms with Crippen molar-refractivity contribution in [1.29, 1.82) is 0 Å². The van der Waals surface area contributed by atoms with Gasteiger partial charge in [0.2, 0.25) is 0 Å². The molecule has 1 aliphatic heterocycles. The first-order valence-electron chi connectivity index (χ1n) is 8.15. The van der Waals surface area contributed by atoms with Crippen LogP contribution in [0.15, 0.2) is 12.1 Å². The van der Waals surface area contributed by atoms with E-state index in [0.29, 0.717) is 12.4 Å². The maximum absolute atomic E-state index is 12.9. The minimum atomic E-state index is -4.59. The maximum Gasteiger partial charge on any atom is 0.453 e. The molecule has 0 aromatic carbocycles. The van der Waals surface area contributed by atoms with E-state index >= 15 is 0 Å². The van der Waals surface area contributed by atoms with Crippen molar-refractivity contribution in [3.8, 4) is 0 Å². The molecule has 4 rings (SSSR count). The number of rotatable bonds is 2. The molecule has 3 heterocycles. The number of halogens is 3. The second-order valence-electron chi connectivity index (χ2n) is 6.58. The zero-order chi connectivity index (χ0) is 16.8. The van der Waals surface area contributed by atoms with Crippen LogP contribution >= 0.6 is 0 Å². The van der Waals surface area contributed by atoms with E-state index < -0.39 is 12.0 Å². The summed E-state index contributed by atoms with van der Waals surface area (Å²) in [4.78, 5) is 0. The molecule has 6 nitrogen and oxygen atoms in total. The molecule has 24 heavy (non-hydrogen) atoms. The average Bonchev–Trinajstić information content (AvgIpc) is 3.13. The Bertz CT molecular complexity index is 738. The third-order valence-corrected chi connectivity index (χ3v) is 4.88. The summed E-state index contributed by atoms with van der Waals surface area (Å²) < 4.78 is 45.5. The highest BCUT2D eigenvalue weighted by Crippen LogP contribution is 2.40. The quantitative estimate of drug-likeness (QED) is 0.909. The Morgan fingerprint density at radius 2 is 2.00 bits per heavy atom. The summed E-state index contributed by atoms with van der Waals surface area (Å²) in [6, 6.07) is 3.27. The van der Waals surface area contributed by atoms with Crippen molar-refractivity contribution in [1.82, 2.24) is 19.8 Å². The summed E-state index contributed by atoms with van der Waals surface area (Å²) in [6.07, 6.45) is 1.55. The molecule has 2 aromatic heterocycles. The SMILES string of the molecule is FC(F)(F)c1nnc2ccc(NC3CCOC4(CCCC4)C3)nn12. The summed E-state index contributed by atoms with van der Waals surface area (Å²) in [7, 11) is 0. The van der Waals surface area contributed by atoms with Crippen molar-refractivity contribution in [2.24, 2.45) is 0 Å². The van der Waals surface area contributed by atoms with E-state index in [9.17, 15) is 13.2 Å². The zero-order valence-electron chi connectivity index (χ0n) is 13.0. The van der Waals surface area contributed by atoms with Gasteiger partial charge >= 0.3 is 6.18 Å². The van der Waals surface area contributed by atoms with Crippen LogP contribution in [0.3, 0.4) is 0 Å². The number of alkyl halides is 3. The molecule has 1 saturated heterocycles. The summed E-state index contributed by atoms with van der Waals surface area (Å²) in [5.41, 5.74) is 0.0142.